The summed E-state index contributed by atoms with van der Waals surface area (Å²) in [5, 5.41) is 1.27. The molecule has 0 aliphatic heterocycles. The molecule has 0 unspecified atom stereocenters. The lowest BCUT2D eigenvalue weighted by Crippen LogP contribution is -1.81. The van der Waals surface area contributed by atoms with Gasteiger partial charge in [0.1, 0.15) is 0 Å². The van der Waals surface area contributed by atoms with Crippen LogP contribution in [0, 0.1) is 0 Å². The van der Waals surface area contributed by atoms with E-state index in [4.69, 9.17) is 23.2 Å². The summed E-state index contributed by atoms with van der Waals surface area (Å²) in [7, 11) is 0. The fraction of sp³-hybridized carbons (Fsp3) is 0. The SMILES string of the molecule is Clc1cc(Cl)c(Br)c(-c2ccccc2)c1. The van der Waals surface area contributed by atoms with Crippen LogP contribution in [0.15, 0.2) is 46.9 Å². The summed E-state index contributed by atoms with van der Waals surface area (Å²) in [6, 6.07) is 13.6. The van der Waals surface area contributed by atoms with E-state index in [-0.39, 0.29) is 0 Å². The van der Waals surface area contributed by atoms with Crippen LogP contribution in [0.2, 0.25) is 10.0 Å². The maximum absolute atomic E-state index is 6.04. The molecule has 0 radical (unpaired) electrons. The monoisotopic (exact) mass is 300 g/mol. The smallest absolute Gasteiger partial charge is 0.0569 e. The highest BCUT2D eigenvalue weighted by molar-refractivity contribution is 9.10. The second-order valence-electron chi connectivity index (χ2n) is 3.12. The molecular weight excluding hydrogens is 295 g/mol. The molecule has 0 fully saturated rings. The van der Waals surface area contributed by atoms with Gasteiger partial charge in [0.2, 0.25) is 0 Å². The molecule has 0 aliphatic rings. The molecular formula is C12H7BrCl2. The fourth-order valence-corrected chi connectivity index (χ4v) is 2.34. The molecule has 0 bridgehead atoms. The van der Waals surface area contributed by atoms with Crippen molar-refractivity contribution in [1.29, 1.82) is 0 Å². The van der Waals surface area contributed by atoms with Gasteiger partial charge in [0.25, 0.3) is 0 Å². The Morgan fingerprint density at radius 2 is 1.60 bits per heavy atom. The molecule has 0 amide bonds. The Labute approximate surface area is 107 Å². The summed E-state index contributed by atoms with van der Waals surface area (Å²) < 4.78 is 0.875. The Morgan fingerprint density at radius 3 is 2.27 bits per heavy atom. The van der Waals surface area contributed by atoms with Crippen LogP contribution in [0.25, 0.3) is 11.1 Å². The molecule has 2 aromatic carbocycles. The normalized spacial score (nSPS) is 10.3. The highest BCUT2D eigenvalue weighted by Gasteiger charge is 2.07. The van der Waals surface area contributed by atoms with Crippen molar-refractivity contribution in [1.82, 2.24) is 0 Å². The first-order valence-corrected chi connectivity index (χ1v) is 5.93. The minimum absolute atomic E-state index is 0.626. The summed E-state index contributed by atoms with van der Waals surface area (Å²) in [6.45, 7) is 0. The first-order chi connectivity index (χ1) is 7.18. The molecule has 0 N–H and O–H groups in total. The zero-order valence-corrected chi connectivity index (χ0v) is 10.8. The highest BCUT2D eigenvalue weighted by atomic mass is 79.9. The topological polar surface area (TPSA) is 0 Å². The van der Waals surface area contributed by atoms with E-state index in [2.05, 4.69) is 15.9 Å². The van der Waals surface area contributed by atoms with Gasteiger partial charge in [0.15, 0.2) is 0 Å². The molecule has 15 heavy (non-hydrogen) atoms. The first-order valence-electron chi connectivity index (χ1n) is 4.38. The van der Waals surface area contributed by atoms with E-state index in [1.807, 2.05) is 36.4 Å². The first kappa shape index (κ1) is 11.0. The maximum Gasteiger partial charge on any atom is 0.0569 e. The van der Waals surface area contributed by atoms with Gasteiger partial charge in [-0.3, -0.25) is 0 Å². The number of rotatable bonds is 1. The van der Waals surface area contributed by atoms with Gasteiger partial charge in [-0.15, -0.1) is 0 Å². The lowest BCUT2D eigenvalue weighted by atomic mass is 10.1. The highest BCUT2D eigenvalue weighted by Crippen LogP contribution is 2.36. The average Bonchev–Trinajstić information content (AvgIpc) is 2.24. The molecule has 0 atom stereocenters. The second-order valence-corrected chi connectivity index (χ2v) is 4.75. The molecule has 76 valence electrons. The van der Waals surface area contributed by atoms with E-state index < -0.39 is 0 Å². The van der Waals surface area contributed by atoms with E-state index in [0.717, 1.165) is 15.6 Å². The molecule has 0 saturated carbocycles. The van der Waals surface area contributed by atoms with Crippen molar-refractivity contribution in [2.75, 3.05) is 0 Å². The molecule has 2 aromatic rings. The van der Waals surface area contributed by atoms with Gasteiger partial charge < -0.3 is 0 Å². The van der Waals surface area contributed by atoms with Gasteiger partial charge in [-0.25, -0.2) is 0 Å². The predicted octanol–water partition coefficient (Wildman–Crippen LogP) is 5.42. The van der Waals surface area contributed by atoms with Gasteiger partial charge in [-0.1, -0.05) is 53.5 Å². The fourth-order valence-electron chi connectivity index (χ4n) is 1.38. The Balaban J connectivity index is 2.63. The minimum atomic E-state index is 0.626. The summed E-state index contributed by atoms with van der Waals surface area (Å²) in [6.07, 6.45) is 0. The van der Waals surface area contributed by atoms with E-state index >= 15 is 0 Å². The predicted molar refractivity (Wildman–Crippen MR) is 69.6 cm³/mol. The van der Waals surface area contributed by atoms with Crippen LogP contribution in [0.5, 0.6) is 0 Å². The zero-order chi connectivity index (χ0) is 10.8. The third-order valence-corrected chi connectivity index (χ3v) is 3.68. The molecule has 3 heteroatoms. The van der Waals surface area contributed by atoms with Crippen molar-refractivity contribution in [2.45, 2.75) is 0 Å². The lowest BCUT2D eigenvalue weighted by Gasteiger charge is -2.07. The van der Waals surface area contributed by atoms with Crippen LogP contribution in [0.3, 0.4) is 0 Å². The van der Waals surface area contributed by atoms with Crippen molar-refractivity contribution in [2.24, 2.45) is 0 Å². The van der Waals surface area contributed by atoms with Crippen molar-refractivity contribution < 1.29 is 0 Å². The quantitative estimate of drug-likeness (QED) is 0.617. The molecule has 2 rings (SSSR count). The summed E-state index contributed by atoms with van der Waals surface area (Å²) >= 11 is 15.5. The van der Waals surface area contributed by atoms with Crippen molar-refractivity contribution >= 4 is 39.1 Å². The molecule has 0 aromatic heterocycles. The van der Waals surface area contributed by atoms with Crippen LogP contribution < -0.4 is 0 Å². The third kappa shape index (κ3) is 2.36. The average molecular weight is 302 g/mol. The lowest BCUT2D eigenvalue weighted by molar-refractivity contribution is 1.58. The van der Waals surface area contributed by atoms with Crippen molar-refractivity contribution in [3.8, 4) is 11.1 Å². The minimum Gasteiger partial charge on any atom is -0.0843 e. The van der Waals surface area contributed by atoms with Crippen LogP contribution in [-0.4, -0.2) is 0 Å². The van der Waals surface area contributed by atoms with Gasteiger partial charge in [-0.05, 0) is 39.2 Å². The summed E-state index contributed by atoms with van der Waals surface area (Å²) in [4.78, 5) is 0. The molecule has 0 saturated heterocycles. The van der Waals surface area contributed by atoms with E-state index in [1.54, 1.807) is 6.07 Å². The van der Waals surface area contributed by atoms with Gasteiger partial charge in [0, 0.05) is 9.50 Å². The van der Waals surface area contributed by atoms with Crippen molar-refractivity contribution in [3.63, 3.8) is 0 Å². The Kier molecular flexibility index (Phi) is 3.35. The van der Waals surface area contributed by atoms with E-state index in [1.165, 1.54) is 0 Å². The largest absolute Gasteiger partial charge is 0.0843 e. The van der Waals surface area contributed by atoms with Gasteiger partial charge in [0.05, 0.1) is 5.02 Å². The molecule has 0 heterocycles. The standard InChI is InChI=1S/C12H7BrCl2/c13-12-10(6-9(14)7-11(12)15)8-4-2-1-3-5-8/h1-7H. The van der Waals surface area contributed by atoms with Gasteiger partial charge >= 0.3 is 0 Å². The molecule has 0 nitrogen and oxygen atoms in total. The van der Waals surface area contributed by atoms with E-state index in [9.17, 15) is 0 Å². The summed E-state index contributed by atoms with van der Waals surface area (Å²) in [5.74, 6) is 0. The van der Waals surface area contributed by atoms with Crippen molar-refractivity contribution in [3.05, 3.63) is 57.0 Å². The van der Waals surface area contributed by atoms with Crippen LogP contribution >= 0.6 is 39.1 Å². The Morgan fingerprint density at radius 1 is 0.933 bits per heavy atom. The number of halogens is 3. The van der Waals surface area contributed by atoms with Gasteiger partial charge in [-0.2, -0.15) is 0 Å². The zero-order valence-electron chi connectivity index (χ0n) is 7.68. The molecule has 0 spiro atoms. The molecule has 0 aliphatic carbocycles. The Hall–Kier alpha value is -0.500. The number of benzene rings is 2. The summed E-state index contributed by atoms with van der Waals surface area (Å²) in [5.41, 5.74) is 2.10. The third-order valence-electron chi connectivity index (χ3n) is 2.08. The van der Waals surface area contributed by atoms with Crippen LogP contribution in [0.1, 0.15) is 0 Å². The number of hydrogen-bond donors (Lipinski definition) is 0. The van der Waals surface area contributed by atoms with Crippen LogP contribution in [-0.2, 0) is 0 Å². The Bertz CT molecular complexity index is 480. The van der Waals surface area contributed by atoms with Crippen LogP contribution in [0.4, 0.5) is 0 Å². The number of hydrogen-bond acceptors (Lipinski definition) is 0. The van der Waals surface area contributed by atoms with E-state index in [0.29, 0.717) is 10.0 Å². The second kappa shape index (κ2) is 4.56. The maximum atomic E-state index is 6.04.